The number of rotatable bonds is 12. The van der Waals surface area contributed by atoms with Gasteiger partial charge in [0.15, 0.2) is 23.8 Å². The molecule has 0 spiro atoms. The topological polar surface area (TPSA) is 173 Å². The third-order valence-electron chi connectivity index (χ3n) is 9.50. The van der Waals surface area contributed by atoms with Gasteiger partial charge in [-0.3, -0.25) is 9.69 Å². The Hall–Kier alpha value is -6.05. The predicted molar refractivity (Wildman–Crippen MR) is 241 cm³/mol. The minimum absolute atomic E-state index is 0.0355. The molecule has 2 aromatic carbocycles. The number of thiazole rings is 4. The molecule has 1 saturated heterocycles. The van der Waals surface area contributed by atoms with Gasteiger partial charge in [0.05, 0.1) is 12.3 Å². The van der Waals surface area contributed by atoms with Crippen LogP contribution in [-0.2, 0) is 18.9 Å². The van der Waals surface area contributed by atoms with Gasteiger partial charge in [-0.15, -0.1) is 45.3 Å². The standard InChI is InChI=1S/C45H40N6O8S4/c1-7-56-41(53)31-23-60-37(49-31)27-18-19-28(38-50-32(24-62-38)42(54)57-20-33(52)25-14-10-8-11-15-25)46-34(27)29-21-61-39(47-29)30-22-63-40(48-30)35-36(26-16-12-9-13-17-26)58-45(5,6)51(35)43(55)59-44(2,3)4/h8-19,21-24,35-36H,7,20H2,1-6H3. The highest BCUT2D eigenvalue weighted by atomic mass is 32.1. The van der Waals surface area contributed by atoms with Crippen molar-refractivity contribution in [1.29, 1.82) is 0 Å². The normalized spacial score (nSPS) is 15.9. The lowest BCUT2D eigenvalue weighted by atomic mass is 10.0. The van der Waals surface area contributed by atoms with Crippen LogP contribution in [0.4, 0.5) is 4.79 Å². The first-order valence-electron chi connectivity index (χ1n) is 19.7. The number of carbonyl (C=O) groups excluding carboxylic acids is 4. The molecular weight excluding hydrogens is 881 g/mol. The van der Waals surface area contributed by atoms with E-state index in [1.54, 1.807) is 59.0 Å². The minimum atomic E-state index is -1.02. The molecule has 0 N–H and O–H groups in total. The van der Waals surface area contributed by atoms with Crippen LogP contribution >= 0.6 is 45.3 Å². The zero-order chi connectivity index (χ0) is 44.5. The summed E-state index contributed by atoms with van der Waals surface area (Å²) >= 11 is 5.22. The lowest BCUT2D eigenvalue weighted by Crippen LogP contribution is -2.47. The second-order valence-electron chi connectivity index (χ2n) is 15.6. The smallest absolute Gasteiger partial charge is 0.413 e. The quantitative estimate of drug-likeness (QED) is 0.0644. The maximum absolute atomic E-state index is 13.9. The maximum atomic E-state index is 13.9. The van der Waals surface area contributed by atoms with E-state index in [1.807, 2.05) is 81.8 Å². The number of aromatic nitrogens is 5. The van der Waals surface area contributed by atoms with Gasteiger partial charge in [-0.1, -0.05) is 60.7 Å². The van der Waals surface area contributed by atoms with E-state index in [4.69, 9.17) is 33.9 Å². The fourth-order valence-corrected chi connectivity index (χ4v) is 10.1. The summed E-state index contributed by atoms with van der Waals surface area (Å²) in [5.41, 5.74) is 2.38. The van der Waals surface area contributed by atoms with Gasteiger partial charge in [-0.25, -0.2) is 39.3 Å². The number of benzene rings is 2. The first kappa shape index (κ1) is 43.6. The van der Waals surface area contributed by atoms with Gasteiger partial charge >= 0.3 is 18.0 Å². The van der Waals surface area contributed by atoms with Gasteiger partial charge in [0.25, 0.3) is 0 Å². The van der Waals surface area contributed by atoms with Crippen LogP contribution in [0.5, 0.6) is 0 Å². The molecule has 0 bridgehead atoms. The van der Waals surface area contributed by atoms with E-state index in [1.165, 1.54) is 45.3 Å². The van der Waals surface area contributed by atoms with Gasteiger partial charge in [-0.05, 0) is 59.2 Å². The molecule has 14 nitrogen and oxygen atoms in total. The molecule has 1 fully saturated rings. The first-order chi connectivity index (χ1) is 30.2. The Kier molecular flexibility index (Phi) is 12.4. The number of Topliss-reactive ketones (excluding diaryl/α,β-unsaturated/α-hetero) is 1. The number of nitrogens with zero attached hydrogens (tertiary/aromatic N) is 6. The highest BCUT2D eigenvalue weighted by molar-refractivity contribution is 7.14. The van der Waals surface area contributed by atoms with Crippen molar-refractivity contribution >= 4 is 69.2 Å². The largest absolute Gasteiger partial charge is 0.461 e. The van der Waals surface area contributed by atoms with Crippen LogP contribution < -0.4 is 0 Å². The van der Waals surface area contributed by atoms with Crippen LogP contribution in [0.1, 0.15) is 95.6 Å². The number of hydrogen-bond donors (Lipinski definition) is 0. The molecular formula is C45H40N6O8S4. The third kappa shape index (κ3) is 9.50. The average Bonchev–Trinajstić information content (AvgIpc) is 4.12. The fourth-order valence-electron chi connectivity index (χ4n) is 6.74. The van der Waals surface area contributed by atoms with E-state index in [9.17, 15) is 19.2 Å². The summed E-state index contributed by atoms with van der Waals surface area (Å²) in [5, 5.41) is 9.13. The summed E-state index contributed by atoms with van der Waals surface area (Å²) in [5.74, 6) is -1.61. The van der Waals surface area contributed by atoms with Crippen molar-refractivity contribution in [1.82, 2.24) is 29.8 Å². The maximum Gasteiger partial charge on any atom is 0.413 e. The molecule has 1 aliphatic heterocycles. The summed E-state index contributed by atoms with van der Waals surface area (Å²) < 4.78 is 23.0. The summed E-state index contributed by atoms with van der Waals surface area (Å²) in [6.07, 6.45) is -1.05. The molecule has 1 amide bonds. The second kappa shape index (κ2) is 18.0. The molecule has 5 aromatic heterocycles. The van der Waals surface area contributed by atoms with Crippen molar-refractivity contribution in [3.05, 3.63) is 122 Å². The van der Waals surface area contributed by atoms with Crippen molar-refractivity contribution in [2.45, 2.75) is 65.0 Å². The van der Waals surface area contributed by atoms with Crippen molar-refractivity contribution in [2.75, 3.05) is 13.2 Å². The highest BCUT2D eigenvalue weighted by Crippen LogP contribution is 2.51. The highest BCUT2D eigenvalue weighted by Gasteiger charge is 2.53. The van der Waals surface area contributed by atoms with Gasteiger partial charge in [-0.2, -0.15) is 0 Å². The van der Waals surface area contributed by atoms with E-state index in [0.29, 0.717) is 53.9 Å². The summed E-state index contributed by atoms with van der Waals surface area (Å²) in [6, 6.07) is 21.3. The van der Waals surface area contributed by atoms with Crippen LogP contribution in [0.15, 0.2) is 94.3 Å². The van der Waals surface area contributed by atoms with Crippen LogP contribution in [0.2, 0.25) is 0 Å². The molecule has 7 aromatic rings. The van der Waals surface area contributed by atoms with E-state index in [0.717, 1.165) is 5.56 Å². The van der Waals surface area contributed by atoms with Gasteiger partial charge in [0.1, 0.15) is 60.6 Å². The molecule has 2 unspecified atom stereocenters. The molecule has 6 heterocycles. The second-order valence-corrected chi connectivity index (χ2v) is 19.0. The van der Waals surface area contributed by atoms with Crippen LogP contribution in [0.3, 0.4) is 0 Å². The summed E-state index contributed by atoms with van der Waals surface area (Å²) in [7, 11) is 0. The average molecular weight is 921 g/mol. The zero-order valence-corrected chi connectivity index (χ0v) is 38.2. The van der Waals surface area contributed by atoms with Gasteiger partial charge < -0.3 is 18.9 Å². The molecule has 8 rings (SSSR count). The molecule has 0 saturated carbocycles. The zero-order valence-electron chi connectivity index (χ0n) is 34.9. The Labute approximate surface area is 378 Å². The van der Waals surface area contributed by atoms with Crippen LogP contribution in [0.25, 0.3) is 43.4 Å². The molecule has 2 atom stereocenters. The molecule has 1 aliphatic rings. The Morgan fingerprint density at radius 2 is 1.32 bits per heavy atom. The van der Waals surface area contributed by atoms with Crippen molar-refractivity contribution in [3.8, 4) is 43.4 Å². The minimum Gasteiger partial charge on any atom is -0.461 e. The third-order valence-corrected chi connectivity index (χ3v) is 13.0. The number of carbonyl (C=O) groups is 4. The Morgan fingerprint density at radius 1 is 0.698 bits per heavy atom. The molecule has 0 radical (unpaired) electrons. The molecule has 63 heavy (non-hydrogen) atoms. The van der Waals surface area contributed by atoms with E-state index >= 15 is 0 Å². The summed E-state index contributed by atoms with van der Waals surface area (Å²) in [6.45, 7) is 10.7. The molecule has 322 valence electrons. The van der Waals surface area contributed by atoms with Gasteiger partial charge in [0, 0.05) is 32.6 Å². The van der Waals surface area contributed by atoms with E-state index < -0.39 is 48.1 Å². The number of esters is 2. The number of ketones is 1. The Bertz CT molecular complexity index is 2790. The van der Waals surface area contributed by atoms with Crippen molar-refractivity contribution in [3.63, 3.8) is 0 Å². The fraction of sp³-hybridized carbons (Fsp3) is 0.267. The lowest BCUT2D eigenvalue weighted by molar-refractivity contribution is -0.0797. The van der Waals surface area contributed by atoms with E-state index in [2.05, 4.69) is 9.97 Å². The van der Waals surface area contributed by atoms with Crippen molar-refractivity contribution in [2.24, 2.45) is 0 Å². The lowest BCUT2D eigenvalue weighted by Gasteiger charge is -2.34. The molecule has 18 heteroatoms. The van der Waals surface area contributed by atoms with E-state index in [-0.39, 0.29) is 23.8 Å². The van der Waals surface area contributed by atoms with Gasteiger partial charge in [0.2, 0.25) is 0 Å². The van der Waals surface area contributed by atoms with Crippen LogP contribution in [-0.4, -0.2) is 78.2 Å². The first-order valence-corrected chi connectivity index (χ1v) is 23.2. The summed E-state index contributed by atoms with van der Waals surface area (Å²) in [4.78, 5) is 77.8. The Balaban J connectivity index is 1.12. The number of ether oxygens (including phenoxy) is 4. The number of amides is 1. The monoisotopic (exact) mass is 920 g/mol. The number of hydrogen-bond acceptors (Lipinski definition) is 17. The SMILES string of the molecule is CCOC(=O)c1csc(-c2ccc(-c3nc(C(=O)OCC(=O)c4ccccc4)cs3)nc2-c2csc(-c3csc(C4C(c5ccccc5)OC(C)(C)N4C(=O)OC(C)(C)C)n3)n2)n1. The Morgan fingerprint density at radius 3 is 2.02 bits per heavy atom. The number of pyridine rings is 1. The van der Waals surface area contributed by atoms with Crippen LogP contribution in [0, 0.1) is 0 Å². The van der Waals surface area contributed by atoms with Crippen molar-refractivity contribution < 1.29 is 38.1 Å². The predicted octanol–water partition coefficient (Wildman–Crippen LogP) is 10.6. The molecule has 0 aliphatic carbocycles.